The second kappa shape index (κ2) is 7.97. The van der Waals surface area contributed by atoms with Gasteiger partial charge in [0.25, 0.3) is 5.56 Å². The van der Waals surface area contributed by atoms with Gasteiger partial charge in [-0.05, 0) is 30.5 Å². The van der Waals surface area contributed by atoms with Crippen LogP contribution in [0.1, 0.15) is 32.3 Å². The van der Waals surface area contributed by atoms with Gasteiger partial charge in [-0.25, -0.2) is 9.79 Å². The third kappa shape index (κ3) is 3.76. The summed E-state index contributed by atoms with van der Waals surface area (Å²) in [4.78, 5) is 29.2. The number of halogens is 1. The highest BCUT2D eigenvalue weighted by Gasteiger charge is 2.15. The smallest absolute Gasteiger partial charge is 0.332 e. The van der Waals surface area contributed by atoms with Crippen molar-refractivity contribution in [2.75, 3.05) is 5.73 Å². The van der Waals surface area contributed by atoms with E-state index in [2.05, 4.69) is 4.99 Å². The van der Waals surface area contributed by atoms with Crippen LogP contribution in [0.25, 0.3) is 0 Å². The molecule has 2 N–H and O–H groups in total. The molecule has 6 nitrogen and oxygen atoms in total. The summed E-state index contributed by atoms with van der Waals surface area (Å²) in [5, 5.41) is 0.619. The van der Waals surface area contributed by atoms with Gasteiger partial charge in [0.2, 0.25) is 0 Å². The lowest BCUT2D eigenvalue weighted by Crippen LogP contribution is -2.41. The van der Waals surface area contributed by atoms with E-state index in [1.807, 2.05) is 13.8 Å². The van der Waals surface area contributed by atoms with Crippen LogP contribution in [0.15, 0.2) is 38.8 Å². The van der Waals surface area contributed by atoms with E-state index >= 15 is 0 Å². The van der Waals surface area contributed by atoms with Gasteiger partial charge in [0.15, 0.2) is 5.69 Å². The molecule has 0 atom stereocenters. The molecule has 1 aromatic carbocycles. The van der Waals surface area contributed by atoms with E-state index in [4.69, 9.17) is 17.3 Å². The van der Waals surface area contributed by atoms with Gasteiger partial charge in [0, 0.05) is 24.3 Å². The molecule has 0 aliphatic heterocycles. The first kappa shape index (κ1) is 18.0. The van der Waals surface area contributed by atoms with E-state index in [-0.39, 0.29) is 17.2 Å². The Hall–Kier alpha value is -2.34. The van der Waals surface area contributed by atoms with E-state index in [9.17, 15) is 9.59 Å². The van der Waals surface area contributed by atoms with Gasteiger partial charge in [0.1, 0.15) is 5.82 Å². The largest absolute Gasteiger partial charge is 0.383 e. The molecule has 0 saturated heterocycles. The van der Waals surface area contributed by atoms with Gasteiger partial charge in [-0.15, -0.1) is 0 Å². The summed E-state index contributed by atoms with van der Waals surface area (Å²) >= 11 is 5.85. The highest BCUT2D eigenvalue weighted by Crippen LogP contribution is 2.16. The maximum Gasteiger partial charge on any atom is 0.332 e. The Morgan fingerprint density at radius 3 is 2.25 bits per heavy atom. The van der Waals surface area contributed by atoms with Crippen molar-refractivity contribution in [3.8, 4) is 0 Å². The van der Waals surface area contributed by atoms with Gasteiger partial charge in [-0.1, -0.05) is 37.6 Å². The van der Waals surface area contributed by atoms with Crippen LogP contribution in [0.3, 0.4) is 0 Å². The number of anilines is 1. The molecule has 7 heteroatoms. The minimum absolute atomic E-state index is 0.0893. The van der Waals surface area contributed by atoms with Gasteiger partial charge >= 0.3 is 5.69 Å². The van der Waals surface area contributed by atoms with Crippen molar-refractivity contribution in [2.45, 2.75) is 39.8 Å². The SMILES string of the molecule is CCCn1c(N)c(N=Cc2ccc(Cl)cc2)c(=O)n(CCC)c1=O. The standard InChI is InChI=1S/C17H21ClN4O2/c1-3-9-21-15(19)14(16(23)22(10-4-2)17(21)24)20-11-12-5-7-13(18)8-6-12/h5-8,11H,3-4,9-10,19H2,1-2H3. The van der Waals surface area contributed by atoms with Gasteiger partial charge in [-0.3, -0.25) is 13.9 Å². The molecular weight excluding hydrogens is 328 g/mol. The Balaban J connectivity index is 2.57. The average molecular weight is 349 g/mol. The van der Waals surface area contributed by atoms with Crippen molar-refractivity contribution in [2.24, 2.45) is 4.99 Å². The Bertz CT molecular complexity index is 851. The molecule has 0 saturated carbocycles. The Morgan fingerprint density at radius 1 is 1.08 bits per heavy atom. The fourth-order valence-electron chi connectivity index (χ4n) is 2.37. The lowest BCUT2D eigenvalue weighted by molar-refractivity contribution is 0.547. The van der Waals surface area contributed by atoms with Crippen LogP contribution in [-0.2, 0) is 13.1 Å². The van der Waals surface area contributed by atoms with Crippen LogP contribution in [0.4, 0.5) is 11.5 Å². The molecule has 2 aromatic rings. The number of nitrogen functional groups attached to an aromatic ring is 1. The molecule has 0 bridgehead atoms. The summed E-state index contributed by atoms with van der Waals surface area (Å²) in [6.07, 6.45) is 2.95. The molecule has 0 unspecified atom stereocenters. The molecule has 2 rings (SSSR count). The third-order valence-corrected chi connectivity index (χ3v) is 3.80. The van der Waals surface area contributed by atoms with Gasteiger partial charge < -0.3 is 5.73 Å². The normalized spacial score (nSPS) is 11.3. The number of nitrogens with zero attached hydrogens (tertiary/aromatic N) is 3. The van der Waals surface area contributed by atoms with E-state index in [0.29, 0.717) is 24.5 Å². The van der Waals surface area contributed by atoms with E-state index < -0.39 is 5.56 Å². The summed E-state index contributed by atoms with van der Waals surface area (Å²) in [5.74, 6) is 0.101. The van der Waals surface area contributed by atoms with Crippen molar-refractivity contribution in [1.82, 2.24) is 9.13 Å². The van der Waals surface area contributed by atoms with Crippen LogP contribution in [0.5, 0.6) is 0 Å². The molecule has 128 valence electrons. The Morgan fingerprint density at radius 2 is 1.67 bits per heavy atom. The average Bonchev–Trinajstić information content (AvgIpc) is 2.57. The molecule has 1 aromatic heterocycles. The predicted molar refractivity (Wildman–Crippen MR) is 98.7 cm³/mol. The van der Waals surface area contributed by atoms with Gasteiger partial charge in [-0.2, -0.15) is 0 Å². The summed E-state index contributed by atoms with van der Waals surface area (Å²) in [5.41, 5.74) is 6.07. The molecule has 0 fully saturated rings. The first-order valence-electron chi connectivity index (χ1n) is 7.92. The van der Waals surface area contributed by atoms with Crippen LogP contribution in [0.2, 0.25) is 5.02 Å². The fourth-order valence-corrected chi connectivity index (χ4v) is 2.50. The van der Waals surface area contributed by atoms with Crippen molar-refractivity contribution >= 4 is 29.3 Å². The number of rotatable bonds is 6. The molecule has 0 amide bonds. The number of benzene rings is 1. The second-order valence-electron chi connectivity index (χ2n) is 5.43. The number of hydrogen-bond donors (Lipinski definition) is 1. The summed E-state index contributed by atoms with van der Waals surface area (Å²) in [7, 11) is 0. The quantitative estimate of drug-likeness (QED) is 0.815. The predicted octanol–water partition coefficient (Wildman–Crippen LogP) is 2.82. The minimum Gasteiger partial charge on any atom is -0.383 e. The molecule has 0 aliphatic carbocycles. The monoisotopic (exact) mass is 348 g/mol. The fraction of sp³-hybridized carbons (Fsp3) is 0.353. The zero-order chi connectivity index (χ0) is 17.7. The molecule has 0 radical (unpaired) electrons. The van der Waals surface area contributed by atoms with E-state index in [1.165, 1.54) is 9.13 Å². The maximum absolute atomic E-state index is 12.6. The molecule has 24 heavy (non-hydrogen) atoms. The van der Waals surface area contributed by atoms with Crippen LogP contribution < -0.4 is 17.0 Å². The maximum atomic E-state index is 12.6. The number of aliphatic imine (C=N–C) groups is 1. The molecule has 0 aliphatic rings. The van der Waals surface area contributed by atoms with Crippen LogP contribution >= 0.6 is 11.6 Å². The van der Waals surface area contributed by atoms with Crippen molar-refractivity contribution in [1.29, 1.82) is 0 Å². The van der Waals surface area contributed by atoms with E-state index in [0.717, 1.165) is 12.0 Å². The van der Waals surface area contributed by atoms with Crippen LogP contribution in [0, 0.1) is 0 Å². The number of hydrogen-bond acceptors (Lipinski definition) is 4. The Kier molecular flexibility index (Phi) is 5.98. The van der Waals surface area contributed by atoms with Gasteiger partial charge in [0.05, 0.1) is 0 Å². The van der Waals surface area contributed by atoms with E-state index in [1.54, 1.807) is 30.5 Å². The number of aromatic nitrogens is 2. The summed E-state index contributed by atoms with van der Waals surface area (Å²) < 4.78 is 2.60. The zero-order valence-electron chi connectivity index (χ0n) is 13.8. The number of nitrogens with two attached hydrogens (primary N) is 1. The zero-order valence-corrected chi connectivity index (χ0v) is 14.6. The minimum atomic E-state index is -0.461. The Labute approximate surface area is 145 Å². The van der Waals surface area contributed by atoms with Crippen LogP contribution in [-0.4, -0.2) is 15.3 Å². The molecule has 1 heterocycles. The molecular formula is C17H21ClN4O2. The summed E-state index contributed by atoms with van der Waals surface area (Å²) in [6, 6.07) is 7.04. The third-order valence-electron chi connectivity index (χ3n) is 3.55. The van der Waals surface area contributed by atoms with Crippen molar-refractivity contribution in [3.05, 3.63) is 55.7 Å². The highest BCUT2D eigenvalue weighted by atomic mass is 35.5. The van der Waals surface area contributed by atoms with Crippen molar-refractivity contribution in [3.63, 3.8) is 0 Å². The lowest BCUT2D eigenvalue weighted by Gasteiger charge is -2.13. The second-order valence-corrected chi connectivity index (χ2v) is 5.87. The lowest BCUT2D eigenvalue weighted by atomic mass is 10.2. The summed E-state index contributed by atoms with van der Waals surface area (Å²) in [6.45, 7) is 4.63. The first-order chi connectivity index (χ1) is 11.5. The first-order valence-corrected chi connectivity index (χ1v) is 8.30. The molecule has 0 spiro atoms. The highest BCUT2D eigenvalue weighted by molar-refractivity contribution is 6.30. The topological polar surface area (TPSA) is 82.4 Å². The van der Waals surface area contributed by atoms with Crippen molar-refractivity contribution < 1.29 is 0 Å².